The Labute approximate surface area is 136 Å². The van der Waals surface area contributed by atoms with E-state index in [0.29, 0.717) is 24.4 Å². The van der Waals surface area contributed by atoms with Crippen molar-refractivity contribution in [3.63, 3.8) is 0 Å². The van der Waals surface area contributed by atoms with E-state index in [1.165, 1.54) is 0 Å². The van der Waals surface area contributed by atoms with E-state index in [4.69, 9.17) is 0 Å². The van der Waals surface area contributed by atoms with Crippen LogP contribution in [0.2, 0.25) is 0 Å². The standard InChI is InChI=1S/C17H19N3O2S/c1-14-12-18-20(13-14)10-4-9-19-23(21,22)17-8-7-15-5-2-3-6-16(15)11-17/h2-3,5-8,11-13,19H,4,9-10H2,1H3. The third-order valence-corrected chi connectivity index (χ3v) is 5.11. The van der Waals surface area contributed by atoms with E-state index in [1.807, 2.05) is 48.1 Å². The number of nitrogens with zero attached hydrogens (tertiary/aromatic N) is 2. The number of fused-ring (bicyclic) bond motifs is 1. The van der Waals surface area contributed by atoms with Gasteiger partial charge in [-0.3, -0.25) is 4.68 Å². The highest BCUT2D eigenvalue weighted by Crippen LogP contribution is 2.18. The number of benzene rings is 2. The van der Waals surface area contributed by atoms with Crippen molar-refractivity contribution in [3.8, 4) is 0 Å². The SMILES string of the molecule is Cc1cnn(CCCNS(=O)(=O)c2ccc3ccccc3c2)c1. The maximum Gasteiger partial charge on any atom is 0.240 e. The van der Waals surface area contributed by atoms with E-state index in [0.717, 1.165) is 16.3 Å². The van der Waals surface area contributed by atoms with Crippen molar-refractivity contribution in [2.75, 3.05) is 6.54 Å². The summed E-state index contributed by atoms with van der Waals surface area (Å²) in [4.78, 5) is 0.297. The fraction of sp³-hybridized carbons (Fsp3) is 0.235. The number of hydrogen-bond donors (Lipinski definition) is 1. The molecule has 0 saturated heterocycles. The first-order valence-electron chi connectivity index (χ1n) is 7.52. The van der Waals surface area contributed by atoms with Crippen molar-refractivity contribution in [2.45, 2.75) is 24.8 Å². The summed E-state index contributed by atoms with van der Waals surface area (Å²) < 4.78 is 29.2. The van der Waals surface area contributed by atoms with Crippen LogP contribution < -0.4 is 4.72 Å². The van der Waals surface area contributed by atoms with Gasteiger partial charge in [-0.25, -0.2) is 13.1 Å². The molecule has 3 aromatic rings. The van der Waals surface area contributed by atoms with E-state index in [1.54, 1.807) is 18.3 Å². The second-order valence-corrected chi connectivity index (χ2v) is 7.31. The molecule has 1 heterocycles. The third-order valence-electron chi connectivity index (χ3n) is 3.65. The van der Waals surface area contributed by atoms with Gasteiger partial charge in [0.25, 0.3) is 0 Å². The molecular weight excluding hydrogens is 310 g/mol. The number of nitrogens with one attached hydrogen (secondary N) is 1. The average molecular weight is 329 g/mol. The van der Waals surface area contributed by atoms with Crippen LogP contribution in [-0.4, -0.2) is 24.7 Å². The van der Waals surface area contributed by atoms with Gasteiger partial charge in [-0.1, -0.05) is 30.3 Å². The number of rotatable bonds is 6. The predicted molar refractivity (Wildman–Crippen MR) is 90.7 cm³/mol. The summed E-state index contributed by atoms with van der Waals surface area (Å²) in [6.07, 6.45) is 4.42. The molecule has 2 aromatic carbocycles. The summed E-state index contributed by atoms with van der Waals surface area (Å²) in [6.45, 7) is 3.05. The maximum atomic E-state index is 12.4. The Morgan fingerprint density at radius 3 is 2.65 bits per heavy atom. The van der Waals surface area contributed by atoms with Crippen LogP contribution in [0.3, 0.4) is 0 Å². The highest BCUT2D eigenvalue weighted by molar-refractivity contribution is 7.89. The van der Waals surface area contributed by atoms with Crippen molar-refractivity contribution in [1.29, 1.82) is 0 Å². The molecule has 0 bridgehead atoms. The topological polar surface area (TPSA) is 64.0 Å². The van der Waals surface area contributed by atoms with Gasteiger partial charge >= 0.3 is 0 Å². The van der Waals surface area contributed by atoms with Crippen LogP contribution in [0.1, 0.15) is 12.0 Å². The molecule has 0 atom stereocenters. The minimum atomic E-state index is -3.48. The minimum absolute atomic E-state index is 0.297. The fourth-order valence-corrected chi connectivity index (χ4v) is 3.56. The lowest BCUT2D eigenvalue weighted by Gasteiger charge is -2.08. The van der Waals surface area contributed by atoms with Crippen molar-refractivity contribution in [2.24, 2.45) is 0 Å². The summed E-state index contributed by atoms with van der Waals surface area (Å²) in [5, 5.41) is 6.13. The number of hydrogen-bond acceptors (Lipinski definition) is 3. The van der Waals surface area contributed by atoms with Gasteiger partial charge in [0.1, 0.15) is 0 Å². The summed E-state index contributed by atoms with van der Waals surface area (Å²) in [5.74, 6) is 0. The Morgan fingerprint density at radius 1 is 1.13 bits per heavy atom. The Kier molecular flexibility index (Phi) is 4.45. The predicted octanol–water partition coefficient (Wildman–Crippen LogP) is 2.71. The molecule has 1 aromatic heterocycles. The molecular formula is C17H19N3O2S. The highest BCUT2D eigenvalue weighted by atomic mass is 32.2. The molecule has 5 nitrogen and oxygen atoms in total. The van der Waals surface area contributed by atoms with Crippen LogP contribution in [0, 0.1) is 6.92 Å². The van der Waals surface area contributed by atoms with Crippen LogP contribution in [0.15, 0.2) is 59.8 Å². The highest BCUT2D eigenvalue weighted by Gasteiger charge is 2.13. The smallest absolute Gasteiger partial charge is 0.240 e. The third kappa shape index (κ3) is 3.78. The van der Waals surface area contributed by atoms with Crippen LogP contribution in [0.25, 0.3) is 10.8 Å². The van der Waals surface area contributed by atoms with Gasteiger partial charge in [0.05, 0.1) is 11.1 Å². The van der Waals surface area contributed by atoms with Gasteiger partial charge in [0.2, 0.25) is 10.0 Å². The van der Waals surface area contributed by atoms with E-state index in [-0.39, 0.29) is 0 Å². The van der Waals surface area contributed by atoms with Gasteiger partial charge in [0, 0.05) is 19.3 Å². The molecule has 23 heavy (non-hydrogen) atoms. The molecule has 0 radical (unpaired) electrons. The zero-order valence-corrected chi connectivity index (χ0v) is 13.8. The van der Waals surface area contributed by atoms with Crippen LogP contribution >= 0.6 is 0 Å². The molecule has 0 aliphatic carbocycles. The Bertz CT molecular complexity index is 916. The molecule has 0 spiro atoms. The lowest BCUT2D eigenvalue weighted by atomic mass is 10.1. The van der Waals surface area contributed by atoms with Gasteiger partial charge in [-0.15, -0.1) is 0 Å². The van der Waals surface area contributed by atoms with Crippen LogP contribution in [0.5, 0.6) is 0 Å². The first kappa shape index (κ1) is 15.7. The van der Waals surface area contributed by atoms with Gasteiger partial charge < -0.3 is 0 Å². The molecule has 0 aliphatic heterocycles. The van der Waals surface area contributed by atoms with Crippen molar-refractivity contribution in [1.82, 2.24) is 14.5 Å². The zero-order valence-electron chi connectivity index (χ0n) is 12.9. The summed E-state index contributed by atoms with van der Waals surface area (Å²) in [6, 6.07) is 12.9. The average Bonchev–Trinajstić information content (AvgIpc) is 2.96. The molecule has 1 N–H and O–H groups in total. The zero-order chi connectivity index (χ0) is 16.3. The molecule has 6 heteroatoms. The lowest BCUT2D eigenvalue weighted by Crippen LogP contribution is -2.25. The molecule has 0 fully saturated rings. The molecule has 3 rings (SSSR count). The molecule has 0 amide bonds. The summed E-state index contributed by atoms with van der Waals surface area (Å²) in [5.41, 5.74) is 1.10. The van der Waals surface area contributed by atoms with Crippen molar-refractivity contribution >= 4 is 20.8 Å². The number of aryl methyl sites for hydroxylation is 2. The lowest BCUT2D eigenvalue weighted by molar-refractivity contribution is 0.553. The summed E-state index contributed by atoms with van der Waals surface area (Å²) in [7, 11) is -3.48. The summed E-state index contributed by atoms with van der Waals surface area (Å²) >= 11 is 0. The number of sulfonamides is 1. The van der Waals surface area contributed by atoms with Crippen LogP contribution in [0.4, 0.5) is 0 Å². The van der Waals surface area contributed by atoms with Crippen LogP contribution in [-0.2, 0) is 16.6 Å². The Hall–Kier alpha value is -2.18. The maximum absolute atomic E-state index is 12.4. The van der Waals surface area contributed by atoms with Crippen molar-refractivity contribution in [3.05, 3.63) is 60.4 Å². The first-order valence-corrected chi connectivity index (χ1v) is 9.00. The van der Waals surface area contributed by atoms with E-state index in [2.05, 4.69) is 9.82 Å². The number of aromatic nitrogens is 2. The van der Waals surface area contributed by atoms with Gasteiger partial charge in [0.15, 0.2) is 0 Å². The largest absolute Gasteiger partial charge is 0.272 e. The van der Waals surface area contributed by atoms with E-state index >= 15 is 0 Å². The van der Waals surface area contributed by atoms with Gasteiger partial charge in [-0.05, 0) is 41.8 Å². The van der Waals surface area contributed by atoms with E-state index < -0.39 is 10.0 Å². The van der Waals surface area contributed by atoms with Crippen molar-refractivity contribution < 1.29 is 8.42 Å². The molecule has 0 aliphatic rings. The second kappa shape index (κ2) is 6.52. The molecule has 0 unspecified atom stereocenters. The Morgan fingerprint density at radius 2 is 1.91 bits per heavy atom. The normalized spacial score (nSPS) is 11.9. The monoisotopic (exact) mass is 329 g/mol. The minimum Gasteiger partial charge on any atom is -0.272 e. The molecule has 120 valence electrons. The fourth-order valence-electron chi connectivity index (χ4n) is 2.45. The second-order valence-electron chi connectivity index (χ2n) is 5.54. The quantitative estimate of drug-likeness (QED) is 0.707. The first-order chi connectivity index (χ1) is 11.0. The Balaban J connectivity index is 1.63. The van der Waals surface area contributed by atoms with Gasteiger partial charge in [-0.2, -0.15) is 5.10 Å². The van der Waals surface area contributed by atoms with E-state index in [9.17, 15) is 8.42 Å². The molecule has 0 saturated carbocycles.